The van der Waals surface area contributed by atoms with E-state index in [1.54, 1.807) is 0 Å². The zero-order valence-corrected chi connectivity index (χ0v) is 16.9. The molecule has 7 heteroatoms. The Morgan fingerprint density at radius 3 is 2.30 bits per heavy atom. The lowest BCUT2D eigenvalue weighted by atomic mass is 10.0. The number of halogens is 1. The van der Waals surface area contributed by atoms with Crippen molar-refractivity contribution in [2.45, 2.75) is 25.3 Å². The molecule has 0 spiro atoms. The van der Waals surface area contributed by atoms with E-state index < -0.39 is 0 Å². The number of carbonyl (C=O) groups excluding carboxylic acids is 2. The molecule has 3 rings (SSSR count). The number of carbonyl (C=O) groups is 2. The summed E-state index contributed by atoms with van der Waals surface area (Å²) >= 11 is 0. The molecule has 1 aromatic rings. The maximum Gasteiger partial charge on any atom is 0.253 e. The van der Waals surface area contributed by atoms with Crippen LogP contribution in [0.3, 0.4) is 0 Å². The summed E-state index contributed by atoms with van der Waals surface area (Å²) in [6.45, 7) is 5.80. The standard InChI is InChI=1S/C20H30N4O2.ClH/c1-22(12-9-19(25)23-15-10-21-11-16-23)18-7-13-24(14-8-18)20(26)17-5-3-2-4-6-17;/h2-6,18,21H,7-16H2,1H3;1H. The molecule has 2 heterocycles. The fraction of sp³-hybridized carbons (Fsp3) is 0.600. The highest BCUT2D eigenvalue weighted by molar-refractivity contribution is 5.94. The van der Waals surface area contributed by atoms with Crippen LogP contribution in [0.15, 0.2) is 30.3 Å². The molecule has 0 bridgehead atoms. The largest absolute Gasteiger partial charge is 0.340 e. The molecule has 0 radical (unpaired) electrons. The Morgan fingerprint density at radius 1 is 1.04 bits per heavy atom. The Balaban J connectivity index is 0.00000261. The number of rotatable bonds is 5. The van der Waals surface area contributed by atoms with E-state index in [9.17, 15) is 9.59 Å². The van der Waals surface area contributed by atoms with Crippen molar-refractivity contribution in [1.82, 2.24) is 20.0 Å². The smallest absolute Gasteiger partial charge is 0.253 e. The van der Waals surface area contributed by atoms with E-state index in [1.807, 2.05) is 40.1 Å². The lowest BCUT2D eigenvalue weighted by Crippen LogP contribution is -2.48. The summed E-state index contributed by atoms with van der Waals surface area (Å²) in [5, 5.41) is 3.27. The number of benzene rings is 1. The van der Waals surface area contributed by atoms with Gasteiger partial charge in [-0.3, -0.25) is 9.59 Å². The predicted octanol–water partition coefficient (Wildman–Crippen LogP) is 1.47. The minimum Gasteiger partial charge on any atom is -0.340 e. The van der Waals surface area contributed by atoms with Crippen LogP contribution in [0.25, 0.3) is 0 Å². The fourth-order valence-corrected chi connectivity index (χ4v) is 3.80. The van der Waals surface area contributed by atoms with Gasteiger partial charge in [0.1, 0.15) is 0 Å². The van der Waals surface area contributed by atoms with Crippen LogP contribution in [0.5, 0.6) is 0 Å². The maximum atomic E-state index is 12.5. The lowest BCUT2D eigenvalue weighted by molar-refractivity contribution is -0.132. The molecule has 0 aliphatic carbocycles. The van der Waals surface area contributed by atoms with Crippen LogP contribution < -0.4 is 5.32 Å². The molecular weight excluding hydrogens is 364 g/mol. The molecule has 6 nitrogen and oxygen atoms in total. The van der Waals surface area contributed by atoms with Crippen molar-refractivity contribution in [2.75, 3.05) is 52.9 Å². The van der Waals surface area contributed by atoms with Crippen LogP contribution in [0, 0.1) is 0 Å². The van der Waals surface area contributed by atoms with Gasteiger partial charge in [-0.25, -0.2) is 0 Å². The summed E-state index contributed by atoms with van der Waals surface area (Å²) in [5.41, 5.74) is 0.765. The monoisotopic (exact) mass is 394 g/mol. The molecule has 0 aromatic heterocycles. The van der Waals surface area contributed by atoms with E-state index >= 15 is 0 Å². The number of nitrogens with zero attached hydrogens (tertiary/aromatic N) is 3. The zero-order chi connectivity index (χ0) is 18.4. The van der Waals surface area contributed by atoms with Gasteiger partial charge in [0.15, 0.2) is 0 Å². The van der Waals surface area contributed by atoms with Crippen LogP contribution in [0.4, 0.5) is 0 Å². The molecule has 2 amide bonds. The summed E-state index contributed by atoms with van der Waals surface area (Å²) in [4.78, 5) is 31.0. The number of piperazine rings is 1. The van der Waals surface area contributed by atoms with Crippen LogP contribution >= 0.6 is 12.4 Å². The second-order valence-electron chi connectivity index (χ2n) is 7.25. The molecule has 1 N–H and O–H groups in total. The SMILES string of the molecule is CN(CCC(=O)N1CCNCC1)C1CCN(C(=O)c2ccccc2)CC1.Cl. The van der Waals surface area contributed by atoms with E-state index in [2.05, 4.69) is 17.3 Å². The molecule has 2 aliphatic heterocycles. The third-order valence-electron chi connectivity index (χ3n) is 5.54. The van der Waals surface area contributed by atoms with E-state index in [0.29, 0.717) is 12.5 Å². The summed E-state index contributed by atoms with van der Waals surface area (Å²) in [5.74, 6) is 0.385. The van der Waals surface area contributed by atoms with Gasteiger partial charge in [0.05, 0.1) is 0 Å². The van der Waals surface area contributed by atoms with Crippen molar-refractivity contribution in [1.29, 1.82) is 0 Å². The van der Waals surface area contributed by atoms with Gasteiger partial charge in [-0.15, -0.1) is 12.4 Å². The fourth-order valence-electron chi connectivity index (χ4n) is 3.80. The van der Waals surface area contributed by atoms with Gasteiger partial charge in [0.25, 0.3) is 5.91 Å². The number of piperidine rings is 1. The molecule has 0 saturated carbocycles. The Morgan fingerprint density at radius 2 is 1.67 bits per heavy atom. The molecule has 2 saturated heterocycles. The molecule has 27 heavy (non-hydrogen) atoms. The average molecular weight is 395 g/mol. The minimum absolute atomic E-state index is 0. The first-order valence-corrected chi connectivity index (χ1v) is 9.68. The number of hydrogen-bond acceptors (Lipinski definition) is 4. The van der Waals surface area contributed by atoms with Gasteiger partial charge < -0.3 is 20.0 Å². The zero-order valence-electron chi connectivity index (χ0n) is 16.1. The third-order valence-corrected chi connectivity index (χ3v) is 5.54. The summed E-state index contributed by atoms with van der Waals surface area (Å²) in [6, 6.07) is 9.95. The van der Waals surface area contributed by atoms with Crippen molar-refractivity contribution in [3.8, 4) is 0 Å². The molecule has 2 fully saturated rings. The Hall–Kier alpha value is -1.63. The lowest BCUT2D eigenvalue weighted by Gasteiger charge is -2.37. The first-order valence-electron chi connectivity index (χ1n) is 9.68. The van der Waals surface area contributed by atoms with Gasteiger partial charge >= 0.3 is 0 Å². The molecule has 0 atom stereocenters. The molecule has 150 valence electrons. The van der Waals surface area contributed by atoms with Gasteiger partial charge in [-0.1, -0.05) is 18.2 Å². The van der Waals surface area contributed by atoms with E-state index in [1.165, 1.54) is 0 Å². The van der Waals surface area contributed by atoms with Gasteiger partial charge in [0, 0.05) is 63.8 Å². The first kappa shape index (κ1) is 21.7. The highest BCUT2D eigenvalue weighted by Crippen LogP contribution is 2.18. The normalized spacial score (nSPS) is 18.3. The molecule has 1 aromatic carbocycles. The number of likely N-dealkylation sites (tertiary alicyclic amines) is 1. The summed E-state index contributed by atoms with van der Waals surface area (Å²) < 4.78 is 0. The maximum absolute atomic E-state index is 12.5. The van der Waals surface area contributed by atoms with E-state index in [-0.39, 0.29) is 24.2 Å². The van der Waals surface area contributed by atoms with Crippen LogP contribution in [-0.4, -0.2) is 85.4 Å². The van der Waals surface area contributed by atoms with Crippen molar-refractivity contribution >= 4 is 24.2 Å². The van der Waals surface area contributed by atoms with Crippen molar-refractivity contribution in [2.24, 2.45) is 0 Å². The van der Waals surface area contributed by atoms with Crippen molar-refractivity contribution in [3.63, 3.8) is 0 Å². The average Bonchev–Trinajstić information content (AvgIpc) is 2.72. The van der Waals surface area contributed by atoms with Gasteiger partial charge in [-0.2, -0.15) is 0 Å². The van der Waals surface area contributed by atoms with Crippen LogP contribution in [0.2, 0.25) is 0 Å². The summed E-state index contributed by atoms with van der Waals surface area (Å²) in [7, 11) is 2.10. The summed E-state index contributed by atoms with van der Waals surface area (Å²) in [6.07, 6.45) is 2.52. The van der Waals surface area contributed by atoms with Crippen molar-refractivity contribution in [3.05, 3.63) is 35.9 Å². The molecular formula is C20H31ClN4O2. The highest BCUT2D eigenvalue weighted by atomic mass is 35.5. The topological polar surface area (TPSA) is 55.9 Å². The van der Waals surface area contributed by atoms with Crippen LogP contribution in [0.1, 0.15) is 29.6 Å². The van der Waals surface area contributed by atoms with Gasteiger partial charge in [0.2, 0.25) is 5.91 Å². The molecule has 2 aliphatic rings. The first-order chi connectivity index (χ1) is 12.6. The van der Waals surface area contributed by atoms with Gasteiger partial charge in [-0.05, 0) is 32.0 Å². The van der Waals surface area contributed by atoms with Crippen LogP contribution in [-0.2, 0) is 4.79 Å². The highest BCUT2D eigenvalue weighted by Gasteiger charge is 2.26. The van der Waals surface area contributed by atoms with Crippen molar-refractivity contribution < 1.29 is 9.59 Å². The Labute approximate surface area is 168 Å². The molecule has 0 unspecified atom stereocenters. The second-order valence-corrected chi connectivity index (χ2v) is 7.25. The predicted molar refractivity (Wildman–Crippen MR) is 109 cm³/mol. The number of nitrogens with one attached hydrogen (secondary N) is 1. The van der Waals surface area contributed by atoms with E-state index in [4.69, 9.17) is 0 Å². The number of hydrogen-bond donors (Lipinski definition) is 1. The third kappa shape index (κ3) is 5.92. The Bertz CT molecular complexity index is 599. The Kier molecular flexibility index (Phi) is 8.54. The minimum atomic E-state index is 0. The van der Waals surface area contributed by atoms with E-state index in [0.717, 1.165) is 64.2 Å². The second kappa shape index (κ2) is 10.6. The number of amides is 2. The quantitative estimate of drug-likeness (QED) is 0.821.